The molecule has 0 heterocycles. The summed E-state index contributed by atoms with van der Waals surface area (Å²) < 4.78 is 0. The number of benzene rings is 1. The summed E-state index contributed by atoms with van der Waals surface area (Å²) in [5.74, 6) is 2.63. The number of aliphatic hydroxyl groups excluding tert-OH is 1. The molecule has 1 N–H and O–H groups in total. The lowest BCUT2D eigenvalue weighted by Crippen LogP contribution is -2.00. The summed E-state index contributed by atoms with van der Waals surface area (Å²) in [6.07, 6.45) is 0.716. The van der Waals surface area contributed by atoms with Crippen molar-refractivity contribution in [2.75, 3.05) is 17.3 Å². The lowest BCUT2D eigenvalue weighted by atomic mass is 10.1. The van der Waals surface area contributed by atoms with E-state index in [2.05, 4.69) is 0 Å². The smallest absolute Gasteiger partial charge is 0.0880 e. The van der Waals surface area contributed by atoms with Crippen LogP contribution in [-0.4, -0.2) is 22.4 Å². The Morgan fingerprint density at radius 2 is 2.00 bits per heavy atom. The molecule has 1 rings (SSSR count). The van der Waals surface area contributed by atoms with Gasteiger partial charge in [-0.25, -0.2) is 0 Å². The van der Waals surface area contributed by atoms with Gasteiger partial charge in [0.25, 0.3) is 0 Å². The molecule has 3 heteroatoms. The van der Waals surface area contributed by atoms with Crippen molar-refractivity contribution in [2.24, 2.45) is 0 Å². The molecule has 1 atom stereocenters. The molecule has 1 aromatic carbocycles. The van der Waals surface area contributed by atoms with Crippen molar-refractivity contribution in [3.63, 3.8) is 0 Å². The van der Waals surface area contributed by atoms with Gasteiger partial charge in [-0.3, -0.25) is 0 Å². The van der Waals surface area contributed by atoms with Crippen molar-refractivity contribution >= 4 is 24.4 Å². The summed E-state index contributed by atoms with van der Waals surface area (Å²) >= 11 is 6.61. The van der Waals surface area contributed by atoms with Gasteiger partial charge in [0, 0.05) is 11.5 Å². The van der Waals surface area contributed by atoms with Crippen LogP contribution in [0.1, 0.15) is 18.1 Å². The predicted octanol–water partition coefficient (Wildman–Crippen LogP) is 3.04. The molecule has 1 aromatic rings. The summed E-state index contributed by atoms with van der Waals surface area (Å²) in [5, 5.41) is 9.77. The van der Waals surface area contributed by atoms with Gasteiger partial charge in [-0.05, 0) is 17.7 Å². The van der Waals surface area contributed by atoms with E-state index < -0.39 is 0 Å². The van der Waals surface area contributed by atoms with Crippen molar-refractivity contribution < 1.29 is 5.11 Å². The molecule has 0 aliphatic heterocycles. The fourth-order valence-corrected chi connectivity index (χ4v) is 2.39. The third-order valence-corrected chi connectivity index (χ3v) is 3.31. The zero-order valence-electron chi connectivity index (χ0n) is 8.06. The Morgan fingerprint density at radius 1 is 1.29 bits per heavy atom. The third kappa shape index (κ3) is 4.40. The number of rotatable bonds is 6. The van der Waals surface area contributed by atoms with E-state index in [0.29, 0.717) is 0 Å². The fraction of sp³-hybridized carbons (Fsp3) is 0.455. The van der Waals surface area contributed by atoms with Crippen molar-refractivity contribution in [1.82, 2.24) is 0 Å². The van der Waals surface area contributed by atoms with Crippen molar-refractivity contribution in [1.29, 1.82) is 0 Å². The zero-order chi connectivity index (χ0) is 10.2. The minimum atomic E-state index is -0.341. The van der Waals surface area contributed by atoms with Crippen LogP contribution in [0.25, 0.3) is 0 Å². The Balaban J connectivity index is 2.25. The van der Waals surface area contributed by atoms with Gasteiger partial charge in [-0.2, -0.15) is 11.8 Å². The molecule has 14 heavy (non-hydrogen) atoms. The maximum Gasteiger partial charge on any atom is 0.0880 e. The molecular formula is C11H15OS2. The third-order valence-electron chi connectivity index (χ3n) is 1.89. The first-order chi connectivity index (χ1) is 6.84. The second-order valence-electron chi connectivity index (χ2n) is 3.06. The molecule has 1 unspecified atom stereocenters. The predicted molar refractivity (Wildman–Crippen MR) is 65.8 cm³/mol. The van der Waals surface area contributed by atoms with Gasteiger partial charge in [0.15, 0.2) is 0 Å². The lowest BCUT2D eigenvalue weighted by molar-refractivity contribution is 0.204. The summed E-state index contributed by atoms with van der Waals surface area (Å²) in [6, 6.07) is 9.77. The summed E-state index contributed by atoms with van der Waals surface area (Å²) in [5.41, 5.74) is 0.998. The highest BCUT2D eigenvalue weighted by molar-refractivity contribution is 7.99. The van der Waals surface area contributed by atoms with Gasteiger partial charge in [-0.1, -0.05) is 43.0 Å². The lowest BCUT2D eigenvalue weighted by Gasteiger charge is -2.09. The van der Waals surface area contributed by atoms with Gasteiger partial charge < -0.3 is 5.11 Å². The van der Waals surface area contributed by atoms with Crippen LogP contribution in [0.3, 0.4) is 0 Å². The molecule has 0 bridgehead atoms. The van der Waals surface area contributed by atoms with E-state index >= 15 is 0 Å². The van der Waals surface area contributed by atoms with Crippen LogP contribution in [0.4, 0.5) is 0 Å². The van der Waals surface area contributed by atoms with Crippen molar-refractivity contribution in [3.8, 4) is 0 Å². The van der Waals surface area contributed by atoms with Gasteiger partial charge >= 0.3 is 0 Å². The minimum Gasteiger partial charge on any atom is -0.388 e. The molecule has 0 aliphatic rings. The normalized spacial score (nSPS) is 12.7. The molecule has 0 saturated carbocycles. The Kier molecular flexibility index (Phi) is 6.15. The van der Waals surface area contributed by atoms with E-state index in [9.17, 15) is 5.11 Å². The van der Waals surface area contributed by atoms with Crippen LogP contribution in [0, 0.1) is 0 Å². The highest BCUT2D eigenvalue weighted by Gasteiger charge is 2.05. The second kappa shape index (κ2) is 7.21. The van der Waals surface area contributed by atoms with E-state index in [-0.39, 0.29) is 6.10 Å². The van der Waals surface area contributed by atoms with E-state index in [1.807, 2.05) is 30.3 Å². The highest BCUT2D eigenvalue weighted by atomic mass is 32.2. The first kappa shape index (κ1) is 12.0. The van der Waals surface area contributed by atoms with Crippen LogP contribution in [0.5, 0.6) is 0 Å². The first-order valence-corrected chi connectivity index (χ1v) is 6.46. The number of thioether (sulfide) groups is 1. The molecule has 1 radical (unpaired) electrons. The summed E-state index contributed by atoms with van der Waals surface area (Å²) in [7, 11) is 0. The topological polar surface area (TPSA) is 20.2 Å². The largest absolute Gasteiger partial charge is 0.388 e. The van der Waals surface area contributed by atoms with Crippen LogP contribution < -0.4 is 0 Å². The molecule has 77 valence electrons. The number of aliphatic hydroxyl groups is 1. The SMILES string of the molecule is OC(CSCCC[S])c1ccccc1. The minimum absolute atomic E-state index is 0.341. The van der Waals surface area contributed by atoms with Crippen LogP contribution >= 0.6 is 24.4 Å². The molecule has 0 saturated heterocycles. The maximum absolute atomic E-state index is 9.77. The van der Waals surface area contributed by atoms with E-state index in [4.69, 9.17) is 12.6 Å². The number of hydrogen-bond donors (Lipinski definition) is 1. The van der Waals surface area contributed by atoms with E-state index in [1.165, 1.54) is 0 Å². The van der Waals surface area contributed by atoms with Gasteiger partial charge in [0.2, 0.25) is 0 Å². The molecule has 0 aliphatic carbocycles. The zero-order valence-corrected chi connectivity index (χ0v) is 9.69. The fourth-order valence-electron chi connectivity index (χ4n) is 1.13. The van der Waals surface area contributed by atoms with Crippen molar-refractivity contribution in [2.45, 2.75) is 12.5 Å². The monoisotopic (exact) mass is 227 g/mol. The molecule has 1 nitrogen and oxygen atoms in total. The van der Waals surface area contributed by atoms with Gasteiger partial charge in [0.1, 0.15) is 0 Å². The molecule has 0 amide bonds. The Bertz CT molecular complexity index is 238. The quantitative estimate of drug-likeness (QED) is 0.754. The highest BCUT2D eigenvalue weighted by Crippen LogP contribution is 2.18. The van der Waals surface area contributed by atoms with Gasteiger partial charge in [-0.15, -0.1) is 0 Å². The van der Waals surface area contributed by atoms with Gasteiger partial charge in [0.05, 0.1) is 6.10 Å². The van der Waals surface area contributed by atoms with Crippen LogP contribution in [0.15, 0.2) is 30.3 Å². The molecule has 0 aromatic heterocycles. The first-order valence-electron chi connectivity index (χ1n) is 4.73. The average Bonchev–Trinajstić information content (AvgIpc) is 2.25. The Hall–Kier alpha value is -0.120. The molecular weight excluding hydrogens is 212 g/mol. The van der Waals surface area contributed by atoms with E-state index in [0.717, 1.165) is 29.2 Å². The summed E-state index contributed by atoms with van der Waals surface area (Å²) in [4.78, 5) is 0. The van der Waals surface area contributed by atoms with E-state index in [1.54, 1.807) is 11.8 Å². The molecule has 0 fully saturated rings. The average molecular weight is 227 g/mol. The second-order valence-corrected chi connectivity index (χ2v) is 4.62. The summed E-state index contributed by atoms with van der Waals surface area (Å²) in [6.45, 7) is 0. The van der Waals surface area contributed by atoms with Crippen molar-refractivity contribution in [3.05, 3.63) is 35.9 Å². The van der Waals surface area contributed by atoms with Crippen LogP contribution in [0.2, 0.25) is 0 Å². The maximum atomic E-state index is 9.77. The Labute approximate surface area is 95.3 Å². The molecule has 0 spiro atoms. The standard InChI is InChI=1S/C11H15OS2/c12-11(9-14-8-4-7-13)10-5-2-1-3-6-10/h1-3,5-6,11-12H,4,7-9H2. The Morgan fingerprint density at radius 3 is 2.64 bits per heavy atom. The van der Waals surface area contributed by atoms with Crippen LogP contribution in [-0.2, 0) is 0 Å². The number of hydrogen-bond acceptors (Lipinski definition) is 2.